The number of aryl methyl sites for hydroxylation is 2. The van der Waals surface area contributed by atoms with Gasteiger partial charge in [-0.3, -0.25) is 4.79 Å². The lowest BCUT2D eigenvalue weighted by atomic mass is 9.99. The fraction of sp³-hybridized carbons (Fsp3) is 0.167. The molecule has 0 aromatic heterocycles. The maximum absolute atomic E-state index is 13.3. The molecule has 0 aliphatic rings. The molecule has 178 valence electrons. The van der Waals surface area contributed by atoms with Crippen molar-refractivity contribution in [2.24, 2.45) is 0 Å². The van der Waals surface area contributed by atoms with Crippen molar-refractivity contribution in [2.45, 2.75) is 36.8 Å². The molecular formula is C30H27FO3S. The fourth-order valence-electron chi connectivity index (χ4n) is 4.03. The maximum atomic E-state index is 13.3. The van der Waals surface area contributed by atoms with Crippen LogP contribution in [0, 0.1) is 12.7 Å². The van der Waals surface area contributed by atoms with E-state index in [9.17, 15) is 17.6 Å². The van der Waals surface area contributed by atoms with Crippen molar-refractivity contribution in [3.8, 4) is 11.1 Å². The normalized spacial score (nSPS) is 11.4. The van der Waals surface area contributed by atoms with E-state index in [1.165, 1.54) is 12.1 Å². The van der Waals surface area contributed by atoms with E-state index in [-0.39, 0.29) is 28.7 Å². The van der Waals surface area contributed by atoms with Crippen molar-refractivity contribution in [3.63, 3.8) is 0 Å². The molecule has 3 nitrogen and oxygen atoms in total. The van der Waals surface area contributed by atoms with E-state index in [1.807, 2.05) is 55.5 Å². The molecule has 0 heterocycles. The summed E-state index contributed by atoms with van der Waals surface area (Å²) in [5, 5.41) is 0. The lowest BCUT2D eigenvalue weighted by Gasteiger charge is -2.11. The Morgan fingerprint density at radius 2 is 1.51 bits per heavy atom. The average molecular weight is 487 g/mol. The van der Waals surface area contributed by atoms with Crippen molar-refractivity contribution in [1.82, 2.24) is 0 Å². The highest BCUT2D eigenvalue weighted by Crippen LogP contribution is 2.26. The molecule has 4 aromatic rings. The first kappa shape index (κ1) is 24.6. The standard InChI is InChI=1S/C30H27FO3S/c1-22-10-11-24(19-29(32)17-12-23-6-3-2-4-7-23)18-27(22)21-35(33,34)30-9-5-8-26(20-30)25-13-15-28(31)16-14-25/h2-11,13-16,18,20H,12,17,19,21H2,1H3. The van der Waals surface area contributed by atoms with E-state index in [4.69, 9.17) is 0 Å². The van der Waals surface area contributed by atoms with Crippen molar-refractivity contribution in [3.05, 3.63) is 125 Å². The zero-order chi connectivity index (χ0) is 24.8. The Balaban J connectivity index is 1.48. The second-order valence-corrected chi connectivity index (χ2v) is 10.7. The Morgan fingerprint density at radius 1 is 0.771 bits per heavy atom. The van der Waals surface area contributed by atoms with Gasteiger partial charge in [-0.2, -0.15) is 0 Å². The van der Waals surface area contributed by atoms with E-state index < -0.39 is 9.84 Å². The topological polar surface area (TPSA) is 51.2 Å². The van der Waals surface area contributed by atoms with Gasteiger partial charge in [0.25, 0.3) is 0 Å². The highest BCUT2D eigenvalue weighted by molar-refractivity contribution is 7.90. The first-order valence-corrected chi connectivity index (χ1v) is 13.2. The van der Waals surface area contributed by atoms with Crippen LogP contribution in [0.2, 0.25) is 0 Å². The molecule has 0 N–H and O–H groups in total. The predicted molar refractivity (Wildman–Crippen MR) is 137 cm³/mol. The van der Waals surface area contributed by atoms with Gasteiger partial charge in [-0.15, -0.1) is 0 Å². The maximum Gasteiger partial charge on any atom is 0.182 e. The van der Waals surface area contributed by atoms with Crippen LogP contribution in [0.5, 0.6) is 0 Å². The van der Waals surface area contributed by atoms with Gasteiger partial charge >= 0.3 is 0 Å². The lowest BCUT2D eigenvalue weighted by Crippen LogP contribution is -2.08. The molecular weight excluding hydrogens is 459 g/mol. The molecule has 0 amide bonds. The summed E-state index contributed by atoms with van der Waals surface area (Å²) in [5.74, 6) is -0.373. The van der Waals surface area contributed by atoms with Crippen LogP contribution in [0.25, 0.3) is 11.1 Å². The predicted octanol–water partition coefficient (Wildman–Crippen LogP) is 6.52. The summed E-state index contributed by atoms with van der Waals surface area (Å²) in [6.45, 7) is 1.88. The minimum absolute atomic E-state index is 0.124. The molecule has 0 bridgehead atoms. The number of rotatable bonds is 9. The van der Waals surface area contributed by atoms with E-state index in [1.54, 1.807) is 36.4 Å². The zero-order valence-corrected chi connectivity index (χ0v) is 20.4. The molecule has 0 atom stereocenters. The van der Waals surface area contributed by atoms with E-state index in [0.29, 0.717) is 24.0 Å². The lowest BCUT2D eigenvalue weighted by molar-refractivity contribution is -0.118. The van der Waals surface area contributed by atoms with Crippen LogP contribution in [-0.4, -0.2) is 14.2 Å². The van der Waals surface area contributed by atoms with Gasteiger partial charge in [0, 0.05) is 12.8 Å². The Morgan fingerprint density at radius 3 is 2.26 bits per heavy atom. The van der Waals surface area contributed by atoms with Crippen molar-refractivity contribution < 1.29 is 17.6 Å². The third-order valence-corrected chi connectivity index (χ3v) is 7.73. The first-order chi connectivity index (χ1) is 16.8. The second kappa shape index (κ2) is 10.8. The van der Waals surface area contributed by atoms with Gasteiger partial charge < -0.3 is 0 Å². The molecule has 0 aliphatic heterocycles. The number of ketones is 1. The highest BCUT2D eigenvalue weighted by Gasteiger charge is 2.18. The molecule has 0 radical (unpaired) electrons. The molecule has 35 heavy (non-hydrogen) atoms. The molecule has 4 aromatic carbocycles. The van der Waals surface area contributed by atoms with Gasteiger partial charge in [-0.25, -0.2) is 12.8 Å². The molecule has 0 fully saturated rings. The second-order valence-electron chi connectivity index (χ2n) is 8.76. The minimum atomic E-state index is -3.62. The van der Waals surface area contributed by atoms with E-state index >= 15 is 0 Å². The molecule has 0 spiro atoms. The Kier molecular flexibility index (Phi) is 7.57. The van der Waals surface area contributed by atoms with Crippen molar-refractivity contribution in [1.29, 1.82) is 0 Å². The van der Waals surface area contributed by atoms with E-state index in [2.05, 4.69) is 0 Å². The van der Waals surface area contributed by atoms with Crippen LogP contribution in [-0.2, 0) is 33.2 Å². The third kappa shape index (κ3) is 6.52. The number of hydrogen-bond acceptors (Lipinski definition) is 3. The van der Waals surface area contributed by atoms with Crippen LogP contribution in [0.3, 0.4) is 0 Å². The number of carbonyl (C=O) groups is 1. The quantitative estimate of drug-likeness (QED) is 0.271. The number of sulfone groups is 1. The zero-order valence-electron chi connectivity index (χ0n) is 19.6. The summed E-state index contributed by atoms with van der Waals surface area (Å²) < 4.78 is 39.8. The van der Waals surface area contributed by atoms with Crippen molar-refractivity contribution in [2.75, 3.05) is 0 Å². The van der Waals surface area contributed by atoms with Gasteiger partial charge in [0.2, 0.25) is 0 Å². The number of Topliss-reactive ketones (excluding diaryl/α,β-unsaturated/α-hetero) is 1. The number of benzene rings is 4. The molecule has 0 unspecified atom stereocenters. The average Bonchev–Trinajstić information content (AvgIpc) is 2.86. The van der Waals surface area contributed by atoms with Crippen LogP contribution in [0.15, 0.2) is 102 Å². The van der Waals surface area contributed by atoms with Gasteiger partial charge in [-0.1, -0.05) is 72.8 Å². The van der Waals surface area contributed by atoms with Crippen molar-refractivity contribution >= 4 is 15.6 Å². The smallest absolute Gasteiger partial charge is 0.182 e. The Labute approximate surface area is 206 Å². The van der Waals surface area contributed by atoms with Gasteiger partial charge in [0.1, 0.15) is 11.6 Å². The number of carbonyl (C=O) groups excluding carboxylic acids is 1. The summed E-state index contributed by atoms with van der Waals surface area (Å²) in [6.07, 6.45) is 1.42. The number of halogens is 1. The van der Waals surface area contributed by atoms with Crippen LogP contribution in [0.1, 0.15) is 28.7 Å². The first-order valence-electron chi connectivity index (χ1n) is 11.5. The largest absolute Gasteiger partial charge is 0.299 e. The molecule has 5 heteroatoms. The summed E-state index contributed by atoms with van der Waals surface area (Å²) in [5.41, 5.74) is 4.95. The summed E-state index contributed by atoms with van der Waals surface area (Å²) in [6, 6.07) is 28.1. The third-order valence-electron chi connectivity index (χ3n) is 6.07. The van der Waals surface area contributed by atoms with Gasteiger partial charge in [-0.05, 0) is 71.0 Å². The molecule has 4 rings (SSSR count). The van der Waals surface area contributed by atoms with Gasteiger partial charge in [0.15, 0.2) is 9.84 Å². The minimum Gasteiger partial charge on any atom is -0.299 e. The SMILES string of the molecule is Cc1ccc(CC(=O)CCc2ccccc2)cc1CS(=O)(=O)c1cccc(-c2ccc(F)cc2)c1. The molecule has 0 saturated carbocycles. The Hall–Kier alpha value is -3.57. The monoisotopic (exact) mass is 486 g/mol. The Bertz CT molecular complexity index is 1430. The van der Waals surface area contributed by atoms with Gasteiger partial charge in [0.05, 0.1) is 10.6 Å². The molecule has 0 aliphatic carbocycles. The number of hydrogen-bond donors (Lipinski definition) is 0. The van der Waals surface area contributed by atoms with Crippen LogP contribution >= 0.6 is 0 Å². The fourth-order valence-corrected chi connectivity index (χ4v) is 5.51. The highest BCUT2D eigenvalue weighted by atomic mass is 32.2. The summed E-state index contributed by atoms with van der Waals surface area (Å²) in [7, 11) is -3.62. The van der Waals surface area contributed by atoms with Crippen LogP contribution in [0.4, 0.5) is 4.39 Å². The molecule has 0 saturated heterocycles. The van der Waals surface area contributed by atoms with E-state index in [0.717, 1.165) is 22.3 Å². The van der Waals surface area contributed by atoms with Crippen LogP contribution < -0.4 is 0 Å². The summed E-state index contributed by atoms with van der Waals surface area (Å²) >= 11 is 0. The summed E-state index contributed by atoms with van der Waals surface area (Å²) in [4.78, 5) is 12.8.